The van der Waals surface area contributed by atoms with Gasteiger partial charge in [-0.25, -0.2) is 8.42 Å². The quantitative estimate of drug-likeness (QED) is 0.537. The third-order valence-electron chi connectivity index (χ3n) is 5.40. The van der Waals surface area contributed by atoms with Gasteiger partial charge in [0.1, 0.15) is 5.75 Å². The molecule has 1 N–H and O–H groups in total. The smallest absolute Gasteiger partial charge is 0.264 e. The zero-order chi connectivity index (χ0) is 23.3. The minimum Gasteiger partial charge on any atom is -0.497 e. The van der Waals surface area contributed by atoms with E-state index in [0.717, 1.165) is 23.3 Å². The van der Waals surface area contributed by atoms with E-state index in [0.29, 0.717) is 11.3 Å². The standard InChI is InChI=1S/C25H28N2O4S/c1-5-24(19-10-14-22(31-4)15-11-19)26-25(28)20-8-12-21(13-9-20)27(3)32(29,30)23-16-6-18(2)7-17-23/h6-17,24H,5H2,1-4H3,(H,26,28)/t24-/m1/s1. The van der Waals surface area contributed by atoms with Crippen LogP contribution in [0.4, 0.5) is 5.69 Å². The van der Waals surface area contributed by atoms with E-state index in [-0.39, 0.29) is 16.8 Å². The lowest BCUT2D eigenvalue weighted by atomic mass is 10.0. The number of carbonyl (C=O) groups excluding carboxylic acids is 1. The summed E-state index contributed by atoms with van der Waals surface area (Å²) >= 11 is 0. The highest BCUT2D eigenvalue weighted by molar-refractivity contribution is 7.92. The molecule has 6 nitrogen and oxygen atoms in total. The molecule has 0 aliphatic heterocycles. The molecular formula is C25H28N2O4S. The van der Waals surface area contributed by atoms with Crippen molar-refractivity contribution < 1.29 is 17.9 Å². The number of hydrogen-bond acceptors (Lipinski definition) is 4. The Morgan fingerprint density at radius 2 is 1.56 bits per heavy atom. The second-order valence-electron chi connectivity index (χ2n) is 7.54. The van der Waals surface area contributed by atoms with Crippen molar-refractivity contribution in [3.8, 4) is 5.75 Å². The maximum absolute atomic E-state index is 12.9. The fourth-order valence-electron chi connectivity index (χ4n) is 3.33. The number of aryl methyl sites for hydroxylation is 1. The Bertz CT molecular complexity index is 1160. The lowest BCUT2D eigenvalue weighted by molar-refractivity contribution is 0.0935. The van der Waals surface area contributed by atoms with Crippen molar-refractivity contribution in [2.24, 2.45) is 0 Å². The number of benzene rings is 3. The fraction of sp³-hybridized carbons (Fsp3) is 0.240. The third-order valence-corrected chi connectivity index (χ3v) is 7.20. The van der Waals surface area contributed by atoms with Gasteiger partial charge in [-0.05, 0) is 67.4 Å². The summed E-state index contributed by atoms with van der Waals surface area (Å²) in [6.45, 7) is 3.91. The molecule has 0 radical (unpaired) electrons. The second kappa shape index (κ2) is 9.87. The Morgan fingerprint density at radius 3 is 2.09 bits per heavy atom. The first-order chi connectivity index (χ1) is 15.3. The Balaban J connectivity index is 1.73. The number of carbonyl (C=O) groups is 1. The topological polar surface area (TPSA) is 75.7 Å². The first-order valence-electron chi connectivity index (χ1n) is 10.4. The molecule has 32 heavy (non-hydrogen) atoms. The van der Waals surface area contributed by atoms with Gasteiger partial charge >= 0.3 is 0 Å². The first-order valence-corrected chi connectivity index (χ1v) is 11.8. The predicted molar refractivity (Wildman–Crippen MR) is 127 cm³/mol. The number of sulfonamides is 1. The molecule has 1 amide bonds. The molecule has 0 saturated heterocycles. The fourth-order valence-corrected chi connectivity index (χ4v) is 4.52. The summed E-state index contributed by atoms with van der Waals surface area (Å²) in [4.78, 5) is 13.0. The monoisotopic (exact) mass is 452 g/mol. The van der Waals surface area contributed by atoms with E-state index in [1.807, 2.05) is 38.1 Å². The van der Waals surface area contributed by atoms with Gasteiger partial charge in [-0.3, -0.25) is 9.10 Å². The van der Waals surface area contributed by atoms with Gasteiger partial charge in [-0.15, -0.1) is 0 Å². The molecule has 0 aromatic heterocycles. The van der Waals surface area contributed by atoms with Crippen molar-refractivity contribution in [3.63, 3.8) is 0 Å². The minimum absolute atomic E-state index is 0.141. The van der Waals surface area contributed by atoms with Gasteiger partial charge in [0, 0.05) is 12.6 Å². The molecule has 0 aliphatic rings. The van der Waals surface area contributed by atoms with E-state index in [2.05, 4.69) is 5.32 Å². The highest BCUT2D eigenvalue weighted by Crippen LogP contribution is 2.24. The van der Waals surface area contributed by atoms with Gasteiger partial charge in [0.15, 0.2) is 0 Å². The van der Waals surface area contributed by atoms with Crippen LogP contribution < -0.4 is 14.4 Å². The summed E-state index contributed by atoms with van der Waals surface area (Å²) in [6.07, 6.45) is 0.730. The Labute approximate surface area is 189 Å². The number of nitrogens with one attached hydrogen (secondary N) is 1. The zero-order valence-corrected chi connectivity index (χ0v) is 19.5. The summed E-state index contributed by atoms with van der Waals surface area (Å²) in [5.74, 6) is 0.540. The van der Waals surface area contributed by atoms with E-state index in [4.69, 9.17) is 4.74 Å². The van der Waals surface area contributed by atoms with Gasteiger partial charge in [0.2, 0.25) is 0 Å². The van der Waals surface area contributed by atoms with Crippen molar-refractivity contribution in [2.75, 3.05) is 18.5 Å². The van der Waals surface area contributed by atoms with Crippen LogP contribution in [0.25, 0.3) is 0 Å². The molecular weight excluding hydrogens is 424 g/mol. The molecule has 0 bridgehead atoms. The predicted octanol–water partition coefficient (Wildman–Crippen LogP) is 4.71. The summed E-state index contributed by atoms with van der Waals surface area (Å²) in [5, 5.41) is 3.04. The summed E-state index contributed by atoms with van der Waals surface area (Å²) in [6, 6.07) is 20.7. The normalized spacial score (nSPS) is 12.1. The van der Waals surface area contributed by atoms with Crippen molar-refractivity contribution in [3.05, 3.63) is 89.5 Å². The van der Waals surface area contributed by atoms with Gasteiger partial charge in [0.05, 0.1) is 23.7 Å². The Hall–Kier alpha value is -3.32. The van der Waals surface area contributed by atoms with E-state index < -0.39 is 10.0 Å². The van der Waals surface area contributed by atoms with Gasteiger partial charge in [-0.2, -0.15) is 0 Å². The molecule has 0 aliphatic carbocycles. The van der Waals surface area contributed by atoms with Crippen LogP contribution in [-0.2, 0) is 10.0 Å². The van der Waals surface area contributed by atoms with Gasteiger partial charge < -0.3 is 10.1 Å². The van der Waals surface area contributed by atoms with Crippen molar-refractivity contribution in [1.29, 1.82) is 0 Å². The molecule has 0 saturated carbocycles. The minimum atomic E-state index is -3.68. The summed E-state index contributed by atoms with van der Waals surface area (Å²) in [7, 11) is -0.571. The SMILES string of the molecule is CC[C@@H](NC(=O)c1ccc(N(C)S(=O)(=O)c2ccc(C)cc2)cc1)c1ccc(OC)cc1. The third kappa shape index (κ3) is 5.11. The van der Waals surface area contributed by atoms with Crippen LogP contribution in [0.2, 0.25) is 0 Å². The second-order valence-corrected chi connectivity index (χ2v) is 9.51. The summed E-state index contributed by atoms with van der Waals surface area (Å²) in [5.41, 5.74) is 2.91. The molecule has 0 heterocycles. The summed E-state index contributed by atoms with van der Waals surface area (Å²) < 4.78 is 32.2. The van der Waals surface area contributed by atoms with Crippen molar-refractivity contribution in [1.82, 2.24) is 5.32 Å². The van der Waals surface area contributed by atoms with Gasteiger partial charge in [-0.1, -0.05) is 36.8 Å². The van der Waals surface area contributed by atoms with Crippen LogP contribution in [-0.4, -0.2) is 28.5 Å². The average Bonchev–Trinajstić information content (AvgIpc) is 2.82. The Kier molecular flexibility index (Phi) is 7.20. The zero-order valence-electron chi connectivity index (χ0n) is 18.7. The van der Waals surface area contributed by atoms with Crippen LogP contribution in [0.15, 0.2) is 77.7 Å². The van der Waals surface area contributed by atoms with E-state index >= 15 is 0 Å². The molecule has 168 valence electrons. The lowest BCUT2D eigenvalue weighted by Gasteiger charge is -2.20. The number of methoxy groups -OCH3 is 1. The number of hydrogen-bond donors (Lipinski definition) is 1. The maximum atomic E-state index is 12.9. The molecule has 3 rings (SSSR count). The number of amides is 1. The van der Waals surface area contributed by atoms with Crippen LogP contribution >= 0.6 is 0 Å². The molecule has 7 heteroatoms. The molecule has 3 aromatic carbocycles. The van der Waals surface area contributed by atoms with Crippen LogP contribution in [0.3, 0.4) is 0 Å². The van der Waals surface area contributed by atoms with Crippen LogP contribution in [0, 0.1) is 6.92 Å². The number of rotatable bonds is 8. The Morgan fingerprint density at radius 1 is 0.969 bits per heavy atom. The van der Waals surface area contributed by atoms with E-state index in [1.54, 1.807) is 55.6 Å². The van der Waals surface area contributed by atoms with Crippen LogP contribution in [0.1, 0.15) is 40.9 Å². The number of ether oxygens (including phenoxy) is 1. The van der Waals surface area contributed by atoms with E-state index in [1.165, 1.54) is 11.4 Å². The average molecular weight is 453 g/mol. The van der Waals surface area contributed by atoms with Crippen molar-refractivity contribution >= 4 is 21.6 Å². The molecule has 3 aromatic rings. The molecule has 0 fully saturated rings. The number of anilines is 1. The molecule has 0 unspecified atom stereocenters. The highest BCUT2D eigenvalue weighted by atomic mass is 32.2. The van der Waals surface area contributed by atoms with Crippen LogP contribution in [0.5, 0.6) is 5.75 Å². The lowest BCUT2D eigenvalue weighted by Crippen LogP contribution is -2.28. The van der Waals surface area contributed by atoms with Gasteiger partial charge in [0.25, 0.3) is 15.9 Å². The van der Waals surface area contributed by atoms with Crippen molar-refractivity contribution in [2.45, 2.75) is 31.2 Å². The maximum Gasteiger partial charge on any atom is 0.264 e. The first kappa shape index (κ1) is 23.3. The number of nitrogens with zero attached hydrogens (tertiary/aromatic N) is 1. The highest BCUT2D eigenvalue weighted by Gasteiger charge is 2.21. The van der Waals surface area contributed by atoms with E-state index in [9.17, 15) is 13.2 Å². The molecule has 0 spiro atoms. The molecule has 1 atom stereocenters. The largest absolute Gasteiger partial charge is 0.497 e.